The minimum Gasteiger partial charge on any atom is -0.465 e. The van der Waals surface area contributed by atoms with Crippen molar-refractivity contribution >= 4 is 40.9 Å². The molecular formula is C22H17N3O5. The van der Waals surface area contributed by atoms with Crippen molar-refractivity contribution in [1.82, 2.24) is 5.32 Å². The number of amides is 4. The fourth-order valence-electron chi connectivity index (χ4n) is 3.03. The number of nitrogens with one attached hydrogen (secondary N) is 3. The molecule has 0 saturated heterocycles. The number of aliphatic hydroxyl groups is 1. The lowest BCUT2D eigenvalue weighted by Crippen LogP contribution is -2.34. The SMILES string of the molecule is O=C(NC(=O)c1ccc(CO)cc1)Nc1ccc2c(c1)NC(=O)C2=Cc1ccco1. The van der Waals surface area contributed by atoms with Crippen molar-refractivity contribution in [2.24, 2.45) is 0 Å². The Morgan fingerprint density at radius 3 is 2.60 bits per heavy atom. The molecule has 0 saturated carbocycles. The molecule has 0 spiro atoms. The summed E-state index contributed by atoms with van der Waals surface area (Å²) < 4.78 is 5.26. The first kappa shape index (κ1) is 19.2. The number of carbonyl (C=O) groups is 3. The van der Waals surface area contributed by atoms with Crippen molar-refractivity contribution in [3.05, 3.63) is 83.3 Å². The number of furan rings is 1. The van der Waals surface area contributed by atoms with E-state index in [9.17, 15) is 14.4 Å². The summed E-state index contributed by atoms with van der Waals surface area (Å²) in [5.74, 6) is -0.292. The number of aliphatic hydroxyl groups excluding tert-OH is 1. The Kier molecular flexibility index (Phi) is 5.15. The highest BCUT2D eigenvalue weighted by atomic mass is 16.3. The van der Waals surface area contributed by atoms with Crippen LogP contribution in [0.5, 0.6) is 0 Å². The van der Waals surface area contributed by atoms with Crippen molar-refractivity contribution in [1.29, 1.82) is 0 Å². The van der Waals surface area contributed by atoms with Gasteiger partial charge in [0.1, 0.15) is 5.76 Å². The van der Waals surface area contributed by atoms with Crippen molar-refractivity contribution in [3.8, 4) is 0 Å². The van der Waals surface area contributed by atoms with Crippen LogP contribution < -0.4 is 16.0 Å². The zero-order valence-electron chi connectivity index (χ0n) is 15.6. The molecule has 30 heavy (non-hydrogen) atoms. The fraction of sp³-hybridized carbons (Fsp3) is 0.0455. The molecule has 4 amide bonds. The molecule has 2 aromatic carbocycles. The van der Waals surface area contributed by atoms with Crippen LogP contribution in [0.3, 0.4) is 0 Å². The highest BCUT2D eigenvalue weighted by molar-refractivity contribution is 6.35. The molecule has 0 bridgehead atoms. The Bertz CT molecular complexity index is 1150. The number of imide groups is 1. The highest BCUT2D eigenvalue weighted by Crippen LogP contribution is 2.35. The van der Waals surface area contributed by atoms with Gasteiger partial charge in [-0.15, -0.1) is 0 Å². The minimum atomic E-state index is -0.707. The number of fused-ring (bicyclic) bond motifs is 1. The minimum absolute atomic E-state index is 0.129. The van der Waals surface area contributed by atoms with E-state index in [4.69, 9.17) is 9.52 Å². The monoisotopic (exact) mass is 403 g/mol. The van der Waals surface area contributed by atoms with E-state index in [1.54, 1.807) is 48.5 Å². The number of hydrogen-bond donors (Lipinski definition) is 4. The summed E-state index contributed by atoms with van der Waals surface area (Å²) in [7, 11) is 0. The third-order valence-corrected chi connectivity index (χ3v) is 4.52. The average molecular weight is 403 g/mol. The topological polar surface area (TPSA) is 121 Å². The zero-order valence-corrected chi connectivity index (χ0v) is 15.6. The fourth-order valence-corrected chi connectivity index (χ4v) is 3.03. The summed E-state index contributed by atoms with van der Waals surface area (Å²) in [6.07, 6.45) is 3.16. The van der Waals surface area contributed by atoms with Crippen LogP contribution in [-0.4, -0.2) is 23.0 Å². The lowest BCUT2D eigenvalue weighted by molar-refractivity contribution is -0.110. The average Bonchev–Trinajstić information content (AvgIpc) is 3.36. The second-order valence-corrected chi connectivity index (χ2v) is 6.55. The molecule has 1 aliphatic rings. The Balaban J connectivity index is 1.44. The van der Waals surface area contributed by atoms with Gasteiger partial charge in [-0.25, -0.2) is 4.79 Å². The molecule has 0 aliphatic carbocycles. The van der Waals surface area contributed by atoms with Crippen molar-refractivity contribution < 1.29 is 23.9 Å². The predicted octanol–water partition coefficient (Wildman–Crippen LogP) is 3.23. The van der Waals surface area contributed by atoms with Gasteiger partial charge in [0, 0.05) is 16.8 Å². The molecular weight excluding hydrogens is 386 g/mol. The van der Waals surface area contributed by atoms with E-state index in [1.165, 1.54) is 18.4 Å². The van der Waals surface area contributed by atoms with Gasteiger partial charge < -0.3 is 20.2 Å². The lowest BCUT2D eigenvalue weighted by atomic mass is 10.1. The smallest absolute Gasteiger partial charge is 0.326 e. The van der Waals surface area contributed by atoms with E-state index in [0.29, 0.717) is 33.8 Å². The molecule has 8 heteroatoms. The van der Waals surface area contributed by atoms with Crippen LogP contribution in [-0.2, 0) is 11.4 Å². The maximum absolute atomic E-state index is 12.3. The normalized spacial score (nSPS) is 13.6. The third-order valence-electron chi connectivity index (χ3n) is 4.52. The molecule has 150 valence electrons. The van der Waals surface area contributed by atoms with Crippen molar-refractivity contribution in [2.45, 2.75) is 6.61 Å². The molecule has 2 heterocycles. The Morgan fingerprint density at radius 2 is 1.90 bits per heavy atom. The highest BCUT2D eigenvalue weighted by Gasteiger charge is 2.25. The van der Waals surface area contributed by atoms with Crippen LogP contribution in [0, 0.1) is 0 Å². The summed E-state index contributed by atoms with van der Waals surface area (Å²) in [4.78, 5) is 36.6. The van der Waals surface area contributed by atoms with Gasteiger partial charge in [0.25, 0.3) is 11.8 Å². The number of carbonyl (C=O) groups excluding carboxylic acids is 3. The second kappa shape index (κ2) is 8.06. The predicted molar refractivity (Wildman–Crippen MR) is 111 cm³/mol. The summed E-state index contributed by atoms with van der Waals surface area (Å²) >= 11 is 0. The molecule has 0 unspecified atom stereocenters. The number of urea groups is 1. The van der Waals surface area contributed by atoms with Gasteiger partial charge in [0.2, 0.25) is 0 Å². The molecule has 4 rings (SSSR count). The van der Waals surface area contributed by atoms with Crippen LogP contribution in [0.4, 0.5) is 16.2 Å². The van der Waals surface area contributed by atoms with E-state index in [0.717, 1.165) is 0 Å². The maximum Gasteiger partial charge on any atom is 0.326 e. The van der Waals surface area contributed by atoms with Crippen LogP contribution in [0.25, 0.3) is 11.6 Å². The van der Waals surface area contributed by atoms with Gasteiger partial charge in [0.15, 0.2) is 0 Å². The number of rotatable bonds is 4. The second-order valence-electron chi connectivity index (χ2n) is 6.55. The van der Waals surface area contributed by atoms with E-state index in [-0.39, 0.29) is 18.1 Å². The summed E-state index contributed by atoms with van der Waals surface area (Å²) in [5.41, 5.74) is 3.04. The molecule has 0 radical (unpaired) electrons. The van der Waals surface area contributed by atoms with Crippen LogP contribution in [0.1, 0.15) is 27.2 Å². The molecule has 0 atom stereocenters. The van der Waals surface area contributed by atoms with Crippen molar-refractivity contribution in [2.75, 3.05) is 10.6 Å². The lowest BCUT2D eigenvalue weighted by Gasteiger charge is -2.08. The molecule has 8 nitrogen and oxygen atoms in total. The summed E-state index contributed by atoms with van der Waals surface area (Å²) in [5, 5.41) is 16.6. The van der Waals surface area contributed by atoms with E-state index in [2.05, 4.69) is 16.0 Å². The summed E-state index contributed by atoms with van der Waals surface area (Å²) in [6.45, 7) is -0.129. The van der Waals surface area contributed by atoms with E-state index in [1.807, 2.05) is 0 Å². The van der Waals surface area contributed by atoms with E-state index < -0.39 is 11.9 Å². The molecule has 4 N–H and O–H groups in total. The molecule has 1 aliphatic heterocycles. The first-order valence-electron chi connectivity index (χ1n) is 9.06. The van der Waals surface area contributed by atoms with Crippen LogP contribution in [0.2, 0.25) is 0 Å². The molecule has 3 aromatic rings. The maximum atomic E-state index is 12.3. The quantitative estimate of drug-likeness (QED) is 0.499. The van der Waals surface area contributed by atoms with Gasteiger partial charge >= 0.3 is 6.03 Å². The van der Waals surface area contributed by atoms with Gasteiger partial charge in [-0.3, -0.25) is 14.9 Å². The third kappa shape index (κ3) is 3.98. The Labute approximate surface area is 171 Å². The van der Waals surface area contributed by atoms with Gasteiger partial charge in [-0.1, -0.05) is 18.2 Å². The Hall–Kier alpha value is -4.17. The molecule has 0 fully saturated rings. The first-order valence-corrected chi connectivity index (χ1v) is 9.06. The van der Waals surface area contributed by atoms with Gasteiger partial charge in [0.05, 0.1) is 24.1 Å². The zero-order chi connectivity index (χ0) is 21.1. The first-order chi connectivity index (χ1) is 14.5. The van der Waals surface area contributed by atoms with E-state index >= 15 is 0 Å². The number of anilines is 2. The van der Waals surface area contributed by atoms with Gasteiger partial charge in [-0.2, -0.15) is 0 Å². The van der Waals surface area contributed by atoms with Gasteiger partial charge in [-0.05, 0) is 48.0 Å². The standard InChI is InChI=1S/C22H17N3O5/c26-12-13-3-5-14(6-4-13)20(27)25-22(29)23-15-7-8-17-18(11-16-2-1-9-30-16)21(28)24-19(17)10-15/h1-11,26H,12H2,(H,24,28)(H2,23,25,27,29). The van der Waals surface area contributed by atoms with Crippen LogP contribution in [0.15, 0.2) is 65.3 Å². The van der Waals surface area contributed by atoms with Crippen LogP contribution >= 0.6 is 0 Å². The summed E-state index contributed by atoms with van der Waals surface area (Å²) in [6, 6.07) is 14.0. The largest absolute Gasteiger partial charge is 0.465 e. The Morgan fingerprint density at radius 1 is 1.10 bits per heavy atom. The molecule has 1 aromatic heterocycles. The van der Waals surface area contributed by atoms with Crippen molar-refractivity contribution in [3.63, 3.8) is 0 Å². The number of benzene rings is 2. The number of hydrogen-bond acceptors (Lipinski definition) is 5.